The van der Waals surface area contributed by atoms with Crippen molar-refractivity contribution >= 4 is 21.8 Å². The highest BCUT2D eigenvalue weighted by Gasteiger charge is 2.28. The SMILES string of the molecule is COC1c2nccc3c4ccccc4n(c23)Cc2cnnn21. The summed E-state index contributed by atoms with van der Waals surface area (Å²) in [7, 11) is 1.68. The molecule has 0 aliphatic carbocycles. The van der Waals surface area contributed by atoms with E-state index in [9.17, 15) is 0 Å². The van der Waals surface area contributed by atoms with Crippen molar-refractivity contribution in [3.63, 3.8) is 0 Å². The number of hydrogen-bond acceptors (Lipinski definition) is 4. The summed E-state index contributed by atoms with van der Waals surface area (Å²) in [5.74, 6) is 0. The monoisotopic (exact) mass is 291 g/mol. The molecule has 1 aliphatic rings. The van der Waals surface area contributed by atoms with Gasteiger partial charge in [-0.05, 0) is 12.1 Å². The lowest BCUT2D eigenvalue weighted by molar-refractivity contribution is 0.0629. The minimum Gasteiger partial charge on any atom is -0.354 e. The lowest BCUT2D eigenvalue weighted by Crippen LogP contribution is -2.16. The fourth-order valence-corrected chi connectivity index (χ4v) is 3.44. The molecule has 0 saturated carbocycles. The van der Waals surface area contributed by atoms with Crippen LogP contribution in [0.15, 0.2) is 42.7 Å². The molecular formula is C16H13N5O. The van der Waals surface area contributed by atoms with Crippen LogP contribution < -0.4 is 0 Å². The topological polar surface area (TPSA) is 57.8 Å². The third-order valence-corrected chi connectivity index (χ3v) is 4.36. The van der Waals surface area contributed by atoms with E-state index in [1.165, 1.54) is 16.3 Å². The van der Waals surface area contributed by atoms with Gasteiger partial charge in [-0.25, -0.2) is 4.68 Å². The third kappa shape index (κ3) is 1.35. The molecule has 108 valence electrons. The molecule has 0 amide bonds. The maximum Gasteiger partial charge on any atom is 0.196 e. The molecule has 5 rings (SSSR count). The zero-order valence-corrected chi connectivity index (χ0v) is 12.0. The van der Waals surface area contributed by atoms with Gasteiger partial charge in [0.05, 0.1) is 24.0 Å². The highest BCUT2D eigenvalue weighted by atomic mass is 16.5. The maximum atomic E-state index is 5.68. The van der Waals surface area contributed by atoms with Crippen molar-refractivity contribution in [1.82, 2.24) is 24.5 Å². The van der Waals surface area contributed by atoms with Crippen molar-refractivity contribution in [2.24, 2.45) is 0 Å². The van der Waals surface area contributed by atoms with E-state index in [1.54, 1.807) is 13.3 Å². The van der Waals surface area contributed by atoms with Gasteiger partial charge in [0, 0.05) is 29.6 Å². The van der Waals surface area contributed by atoms with Crippen molar-refractivity contribution in [3.8, 4) is 0 Å². The van der Waals surface area contributed by atoms with Gasteiger partial charge in [-0.15, -0.1) is 5.10 Å². The Bertz CT molecular complexity index is 1020. The first-order valence-corrected chi connectivity index (χ1v) is 7.16. The number of nitrogens with zero attached hydrogens (tertiary/aromatic N) is 5. The molecule has 6 nitrogen and oxygen atoms in total. The Labute approximate surface area is 125 Å². The van der Waals surface area contributed by atoms with E-state index in [1.807, 2.05) is 10.9 Å². The van der Waals surface area contributed by atoms with Crippen LogP contribution in [-0.4, -0.2) is 31.7 Å². The molecule has 0 saturated heterocycles. The predicted octanol–water partition coefficient (Wildman–Crippen LogP) is 2.34. The third-order valence-electron chi connectivity index (χ3n) is 4.36. The Morgan fingerprint density at radius 3 is 3.00 bits per heavy atom. The Morgan fingerprint density at radius 1 is 1.18 bits per heavy atom. The molecule has 0 radical (unpaired) electrons. The zero-order valence-electron chi connectivity index (χ0n) is 12.0. The highest BCUT2D eigenvalue weighted by molar-refractivity contribution is 6.08. The number of ether oxygens (including phenoxy) is 1. The second-order valence-corrected chi connectivity index (χ2v) is 5.45. The molecule has 1 unspecified atom stereocenters. The number of aromatic nitrogens is 5. The van der Waals surface area contributed by atoms with Gasteiger partial charge in [-0.1, -0.05) is 23.4 Å². The smallest absolute Gasteiger partial charge is 0.196 e. The van der Waals surface area contributed by atoms with Gasteiger partial charge in [0.15, 0.2) is 6.23 Å². The molecule has 0 N–H and O–H groups in total. The summed E-state index contributed by atoms with van der Waals surface area (Å²) in [6, 6.07) is 10.5. The summed E-state index contributed by atoms with van der Waals surface area (Å²) in [5.41, 5.74) is 4.19. The Kier molecular flexibility index (Phi) is 2.24. The Balaban J connectivity index is 2.00. The van der Waals surface area contributed by atoms with Crippen molar-refractivity contribution in [2.75, 3.05) is 7.11 Å². The van der Waals surface area contributed by atoms with E-state index in [0.29, 0.717) is 6.54 Å². The lowest BCUT2D eigenvalue weighted by atomic mass is 10.1. The van der Waals surface area contributed by atoms with Crippen molar-refractivity contribution in [2.45, 2.75) is 12.8 Å². The summed E-state index contributed by atoms with van der Waals surface area (Å²) in [6.07, 6.45) is 3.27. The Morgan fingerprint density at radius 2 is 2.09 bits per heavy atom. The summed E-state index contributed by atoms with van der Waals surface area (Å²) in [6.45, 7) is 0.704. The largest absolute Gasteiger partial charge is 0.354 e. The number of pyridine rings is 1. The van der Waals surface area contributed by atoms with E-state index in [4.69, 9.17) is 4.74 Å². The molecule has 1 aliphatic heterocycles. The molecule has 0 bridgehead atoms. The normalized spacial score (nSPS) is 16.9. The van der Waals surface area contributed by atoms with Crippen LogP contribution in [0.2, 0.25) is 0 Å². The van der Waals surface area contributed by atoms with Gasteiger partial charge >= 0.3 is 0 Å². The van der Waals surface area contributed by atoms with Gasteiger partial charge in [0.1, 0.15) is 5.69 Å². The second-order valence-electron chi connectivity index (χ2n) is 5.45. The number of fused-ring (bicyclic) bond motifs is 4. The lowest BCUT2D eigenvalue weighted by Gasteiger charge is -2.15. The minimum atomic E-state index is -0.355. The fourth-order valence-electron chi connectivity index (χ4n) is 3.44. The van der Waals surface area contributed by atoms with Crippen molar-refractivity contribution in [3.05, 3.63) is 54.1 Å². The fraction of sp³-hybridized carbons (Fsp3) is 0.188. The predicted molar refractivity (Wildman–Crippen MR) is 81.5 cm³/mol. The standard InChI is InChI=1S/C16H13N5O/c1-22-16-14-15-12(6-7-17-14)11-4-2-3-5-13(11)20(15)9-10-8-18-19-21(10)16/h2-8,16H,9H2,1H3. The first-order chi connectivity index (χ1) is 10.9. The quantitative estimate of drug-likeness (QED) is 0.540. The summed E-state index contributed by atoms with van der Waals surface area (Å²) >= 11 is 0. The second kappa shape index (κ2) is 4.14. The molecule has 3 aromatic heterocycles. The van der Waals surface area contributed by atoms with E-state index >= 15 is 0 Å². The van der Waals surface area contributed by atoms with E-state index in [-0.39, 0.29) is 6.23 Å². The van der Waals surface area contributed by atoms with E-state index in [0.717, 1.165) is 16.9 Å². The van der Waals surface area contributed by atoms with Crippen LogP contribution in [0.1, 0.15) is 17.6 Å². The van der Waals surface area contributed by atoms with Gasteiger partial charge < -0.3 is 9.30 Å². The molecular weight excluding hydrogens is 278 g/mol. The summed E-state index contributed by atoms with van der Waals surface area (Å²) in [4.78, 5) is 4.59. The number of rotatable bonds is 1. The number of hydrogen-bond donors (Lipinski definition) is 0. The van der Waals surface area contributed by atoms with Gasteiger partial charge in [0.2, 0.25) is 0 Å². The van der Waals surface area contributed by atoms with E-state index < -0.39 is 0 Å². The summed E-state index contributed by atoms with van der Waals surface area (Å²) < 4.78 is 9.77. The van der Waals surface area contributed by atoms with Crippen LogP contribution in [0.4, 0.5) is 0 Å². The molecule has 0 spiro atoms. The van der Waals surface area contributed by atoms with Crippen LogP contribution in [0.25, 0.3) is 21.8 Å². The first-order valence-electron chi connectivity index (χ1n) is 7.16. The molecule has 22 heavy (non-hydrogen) atoms. The zero-order chi connectivity index (χ0) is 14.7. The number of para-hydroxylation sites is 1. The number of methoxy groups -OCH3 is 1. The van der Waals surface area contributed by atoms with E-state index in [2.05, 4.69) is 50.2 Å². The molecule has 4 aromatic rings. The first kappa shape index (κ1) is 11.9. The minimum absolute atomic E-state index is 0.355. The van der Waals surface area contributed by atoms with Crippen molar-refractivity contribution < 1.29 is 4.74 Å². The maximum absolute atomic E-state index is 5.68. The number of benzene rings is 1. The van der Waals surface area contributed by atoms with Crippen LogP contribution in [0, 0.1) is 0 Å². The molecule has 0 fully saturated rings. The van der Waals surface area contributed by atoms with Crippen LogP contribution >= 0.6 is 0 Å². The highest BCUT2D eigenvalue weighted by Crippen LogP contribution is 2.36. The van der Waals surface area contributed by atoms with Crippen LogP contribution in [-0.2, 0) is 11.3 Å². The average molecular weight is 291 g/mol. The summed E-state index contributed by atoms with van der Waals surface area (Å²) in [5, 5.41) is 10.7. The molecule has 4 heterocycles. The van der Waals surface area contributed by atoms with Crippen molar-refractivity contribution in [1.29, 1.82) is 0 Å². The molecule has 1 atom stereocenters. The molecule has 1 aromatic carbocycles. The average Bonchev–Trinajstić information content (AvgIpc) is 3.10. The van der Waals surface area contributed by atoms with Gasteiger partial charge in [-0.2, -0.15) is 0 Å². The molecule has 6 heteroatoms. The van der Waals surface area contributed by atoms with Gasteiger partial charge in [-0.3, -0.25) is 4.98 Å². The Hall–Kier alpha value is -2.73. The van der Waals surface area contributed by atoms with Crippen LogP contribution in [0.3, 0.4) is 0 Å². The van der Waals surface area contributed by atoms with Crippen LogP contribution in [0.5, 0.6) is 0 Å². The van der Waals surface area contributed by atoms with Gasteiger partial charge in [0.25, 0.3) is 0 Å².